The summed E-state index contributed by atoms with van der Waals surface area (Å²) in [6.07, 6.45) is 0. The highest BCUT2D eigenvalue weighted by molar-refractivity contribution is 6.73. The zero-order chi connectivity index (χ0) is 10.6. The number of benzene rings is 1. The van der Waals surface area contributed by atoms with Crippen LogP contribution in [0.15, 0.2) is 24.3 Å². The van der Waals surface area contributed by atoms with Gasteiger partial charge in [-0.1, -0.05) is 31.8 Å². The minimum atomic E-state index is -1.16. The average Bonchev–Trinajstić information content (AvgIpc) is 2.14. The zero-order valence-electron chi connectivity index (χ0n) is 9.42. The number of methoxy groups -OCH3 is 1. The van der Waals surface area contributed by atoms with Gasteiger partial charge in [0, 0.05) is 6.54 Å². The van der Waals surface area contributed by atoms with Crippen LogP contribution < -0.4 is 9.72 Å². The van der Waals surface area contributed by atoms with Crippen LogP contribution in [-0.2, 0) is 6.54 Å². The van der Waals surface area contributed by atoms with E-state index < -0.39 is 8.24 Å². The highest BCUT2D eigenvalue weighted by Gasteiger charge is 2.11. The Morgan fingerprint density at radius 3 is 2.57 bits per heavy atom. The van der Waals surface area contributed by atoms with Gasteiger partial charge in [0.1, 0.15) is 14.0 Å². The molecule has 0 aliphatic rings. The fraction of sp³-hybridized carbons (Fsp3) is 0.455. The molecule has 0 radical (unpaired) electrons. The molecule has 1 aromatic rings. The standard InChI is InChI=1S/C11H19NOSi/c1-13-11-7-5-6-10(8-11)9-12-14(2,3)4/h5-8,12H,9H2,1-4H3. The van der Waals surface area contributed by atoms with E-state index >= 15 is 0 Å². The summed E-state index contributed by atoms with van der Waals surface area (Å²) in [4.78, 5) is 3.57. The summed E-state index contributed by atoms with van der Waals surface area (Å²) >= 11 is 0. The monoisotopic (exact) mass is 209 g/mol. The van der Waals surface area contributed by atoms with Gasteiger partial charge in [0.2, 0.25) is 0 Å². The maximum absolute atomic E-state index is 5.17. The molecule has 0 aliphatic heterocycles. The van der Waals surface area contributed by atoms with E-state index in [1.165, 1.54) is 5.56 Å². The van der Waals surface area contributed by atoms with Crippen molar-refractivity contribution in [3.63, 3.8) is 0 Å². The van der Waals surface area contributed by atoms with E-state index in [-0.39, 0.29) is 0 Å². The lowest BCUT2D eigenvalue weighted by molar-refractivity contribution is 0.414. The predicted octanol–water partition coefficient (Wildman–Crippen LogP) is 2.62. The van der Waals surface area contributed by atoms with Crippen molar-refractivity contribution in [2.75, 3.05) is 7.11 Å². The zero-order valence-corrected chi connectivity index (χ0v) is 10.4. The summed E-state index contributed by atoms with van der Waals surface area (Å²) < 4.78 is 5.17. The first kappa shape index (κ1) is 11.3. The molecular weight excluding hydrogens is 190 g/mol. The second-order valence-corrected chi connectivity index (χ2v) is 9.31. The Bertz CT molecular complexity index is 294. The minimum Gasteiger partial charge on any atom is -0.497 e. The van der Waals surface area contributed by atoms with Crippen molar-refractivity contribution >= 4 is 8.24 Å². The van der Waals surface area contributed by atoms with Gasteiger partial charge in [0.15, 0.2) is 0 Å². The van der Waals surface area contributed by atoms with E-state index in [0.29, 0.717) is 0 Å². The molecule has 3 heteroatoms. The van der Waals surface area contributed by atoms with Gasteiger partial charge in [0.25, 0.3) is 0 Å². The molecule has 0 spiro atoms. The summed E-state index contributed by atoms with van der Waals surface area (Å²) in [6, 6.07) is 8.20. The van der Waals surface area contributed by atoms with Crippen LogP contribution in [0.25, 0.3) is 0 Å². The summed E-state index contributed by atoms with van der Waals surface area (Å²) in [5.41, 5.74) is 1.28. The SMILES string of the molecule is COc1cccc(CN[Si](C)(C)C)c1. The molecule has 1 aromatic carbocycles. The molecule has 78 valence electrons. The Morgan fingerprint density at radius 1 is 1.29 bits per heavy atom. The quantitative estimate of drug-likeness (QED) is 0.770. The van der Waals surface area contributed by atoms with Crippen molar-refractivity contribution in [2.45, 2.75) is 26.2 Å². The van der Waals surface area contributed by atoms with Gasteiger partial charge in [0.05, 0.1) is 7.11 Å². The lowest BCUT2D eigenvalue weighted by atomic mass is 10.2. The lowest BCUT2D eigenvalue weighted by Gasteiger charge is -2.18. The molecule has 14 heavy (non-hydrogen) atoms. The summed E-state index contributed by atoms with van der Waals surface area (Å²) in [5, 5.41) is 0. The Labute approximate surface area is 87.4 Å². The van der Waals surface area contributed by atoms with Gasteiger partial charge in [-0.3, -0.25) is 0 Å². The van der Waals surface area contributed by atoms with Crippen LogP contribution in [0.2, 0.25) is 19.6 Å². The topological polar surface area (TPSA) is 21.3 Å². The highest BCUT2D eigenvalue weighted by atomic mass is 28.3. The van der Waals surface area contributed by atoms with E-state index in [2.05, 4.69) is 36.8 Å². The van der Waals surface area contributed by atoms with Crippen LogP contribution in [0.1, 0.15) is 5.56 Å². The number of nitrogens with one attached hydrogen (secondary N) is 1. The van der Waals surface area contributed by atoms with Crippen LogP contribution in [0.3, 0.4) is 0 Å². The van der Waals surface area contributed by atoms with Gasteiger partial charge in [-0.05, 0) is 17.7 Å². The first-order valence-electron chi connectivity index (χ1n) is 4.89. The molecule has 0 fully saturated rings. The number of rotatable bonds is 4. The van der Waals surface area contributed by atoms with E-state index in [0.717, 1.165) is 12.3 Å². The van der Waals surface area contributed by atoms with Crippen molar-refractivity contribution in [1.29, 1.82) is 0 Å². The molecule has 0 amide bonds. The van der Waals surface area contributed by atoms with Gasteiger partial charge >= 0.3 is 0 Å². The fourth-order valence-electron chi connectivity index (χ4n) is 1.15. The Balaban J connectivity index is 2.59. The summed E-state index contributed by atoms with van der Waals surface area (Å²) in [6.45, 7) is 7.83. The third kappa shape index (κ3) is 3.94. The molecule has 0 aliphatic carbocycles. The van der Waals surface area contributed by atoms with Crippen LogP contribution >= 0.6 is 0 Å². The van der Waals surface area contributed by atoms with E-state index in [9.17, 15) is 0 Å². The maximum atomic E-state index is 5.17. The van der Waals surface area contributed by atoms with Gasteiger partial charge in [-0.2, -0.15) is 0 Å². The third-order valence-corrected chi connectivity index (χ3v) is 3.19. The first-order chi connectivity index (χ1) is 6.51. The molecule has 0 heterocycles. The Hall–Kier alpha value is -0.803. The largest absolute Gasteiger partial charge is 0.497 e. The van der Waals surface area contributed by atoms with E-state index in [4.69, 9.17) is 4.74 Å². The normalized spacial score (nSPS) is 11.4. The predicted molar refractivity (Wildman–Crippen MR) is 63.2 cm³/mol. The second kappa shape index (κ2) is 4.62. The number of hydrogen-bond donors (Lipinski definition) is 1. The van der Waals surface area contributed by atoms with Crippen LogP contribution in [0.5, 0.6) is 5.75 Å². The molecule has 1 N–H and O–H groups in total. The molecule has 0 aromatic heterocycles. The van der Waals surface area contributed by atoms with Crippen LogP contribution in [-0.4, -0.2) is 15.3 Å². The van der Waals surface area contributed by atoms with Gasteiger partial charge in [-0.25, -0.2) is 0 Å². The molecule has 0 bridgehead atoms. The van der Waals surface area contributed by atoms with Crippen molar-refractivity contribution < 1.29 is 4.74 Å². The fourth-order valence-corrected chi connectivity index (χ4v) is 1.88. The molecular formula is C11H19NOSi. The van der Waals surface area contributed by atoms with Crippen molar-refractivity contribution in [1.82, 2.24) is 4.98 Å². The van der Waals surface area contributed by atoms with E-state index in [1.54, 1.807) is 7.11 Å². The van der Waals surface area contributed by atoms with E-state index in [1.807, 2.05) is 12.1 Å². The van der Waals surface area contributed by atoms with Crippen molar-refractivity contribution in [2.24, 2.45) is 0 Å². The molecule has 0 saturated heterocycles. The van der Waals surface area contributed by atoms with Crippen molar-refractivity contribution in [3.8, 4) is 5.75 Å². The summed E-state index contributed by atoms with van der Waals surface area (Å²) in [5.74, 6) is 0.930. The molecule has 1 rings (SSSR count). The maximum Gasteiger partial charge on any atom is 0.119 e. The molecule has 0 atom stereocenters. The second-order valence-electron chi connectivity index (χ2n) is 4.46. The smallest absolute Gasteiger partial charge is 0.119 e. The highest BCUT2D eigenvalue weighted by Crippen LogP contribution is 2.12. The lowest BCUT2D eigenvalue weighted by Crippen LogP contribution is -2.40. The summed E-state index contributed by atoms with van der Waals surface area (Å²) in [7, 11) is 0.541. The first-order valence-corrected chi connectivity index (χ1v) is 8.39. The van der Waals surface area contributed by atoms with Crippen molar-refractivity contribution in [3.05, 3.63) is 29.8 Å². The average molecular weight is 209 g/mol. The Morgan fingerprint density at radius 2 is 2.00 bits per heavy atom. The van der Waals surface area contributed by atoms with Crippen LogP contribution in [0.4, 0.5) is 0 Å². The molecule has 0 unspecified atom stereocenters. The number of hydrogen-bond acceptors (Lipinski definition) is 2. The minimum absolute atomic E-state index is 0.930. The van der Waals surface area contributed by atoms with Crippen LogP contribution in [0, 0.1) is 0 Å². The Kier molecular flexibility index (Phi) is 3.72. The number of ether oxygens (including phenoxy) is 1. The molecule has 0 saturated carbocycles. The van der Waals surface area contributed by atoms with Gasteiger partial charge in [-0.15, -0.1) is 0 Å². The van der Waals surface area contributed by atoms with Gasteiger partial charge < -0.3 is 9.72 Å². The third-order valence-electron chi connectivity index (χ3n) is 1.96. The molecule has 2 nitrogen and oxygen atoms in total.